The molecule has 1 aliphatic rings. The van der Waals surface area contributed by atoms with Crippen LogP contribution in [0, 0.1) is 5.41 Å². The first-order valence-corrected chi connectivity index (χ1v) is 6.49. The number of nitrogen functional groups attached to an aromatic ring is 2. The summed E-state index contributed by atoms with van der Waals surface area (Å²) in [6, 6.07) is 5.42. The molecule has 19 heavy (non-hydrogen) atoms. The number of hydrogen-bond acceptors (Lipinski definition) is 5. The normalized spacial score (nSPS) is 17.1. The van der Waals surface area contributed by atoms with Crippen molar-refractivity contribution in [3.63, 3.8) is 0 Å². The fourth-order valence-corrected chi connectivity index (χ4v) is 2.59. The van der Waals surface area contributed by atoms with Crippen molar-refractivity contribution in [3.05, 3.63) is 18.2 Å². The monoisotopic (exact) mass is 258 g/mol. The second-order valence-electron chi connectivity index (χ2n) is 5.67. The summed E-state index contributed by atoms with van der Waals surface area (Å²) in [5, 5.41) is 12.0. The standard InChI is InChI=1S/C13H18N6/c1-13(5-2-6-13)8-19-12(16-17-18-19)10-4-3-9(14)7-11(10)15/h3-4,7H,2,5-6,8,14-15H2,1H3. The van der Waals surface area contributed by atoms with Crippen LogP contribution in [0.4, 0.5) is 11.4 Å². The third-order valence-corrected chi connectivity index (χ3v) is 3.94. The van der Waals surface area contributed by atoms with Gasteiger partial charge in [0.05, 0.1) is 6.54 Å². The summed E-state index contributed by atoms with van der Waals surface area (Å²) in [7, 11) is 0. The maximum Gasteiger partial charge on any atom is 0.184 e. The molecule has 1 aromatic heterocycles. The van der Waals surface area contributed by atoms with Crippen LogP contribution in [0.15, 0.2) is 18.2 Å². The van der Waals surface area contributed by atoms with Gasteiger partial charge >= 0.3 is 0 Å². The first kappa shape index (κ1) is 12.0. The summed E-state index contributed by atoms with van der Waals surface area (Å²) in [6.07, 6.45) is 3.74. The van der Waals surface area contributed by atoms with Crippen LogP contribution >= 0.6 is 0 Å². The molecule has 1 fully saturated rings. The number of hydrogen-bond donors (Lipinski definition) is 2. The zero-order valence-corrected chi connectivity index (χ0v) is 11.0. The fraction of sp³-hybridized carbons (Fsp3) is 0.462. The minimum atomic E-state index is 0.312. The second-order valence-corrected chi connectivity index (χ2v) is 5.67. The molecule has 4 N–H and O–H groups in total. The van der Waals surface area contributed by atoms with E-state index in [9.17, 15) is 0 Å². The summed E-state index contributed by atoms with van der Waals surface area (Å²) in [5.74, 6) is 0.714. The lowest BCUT2D eigenvalue weighted by Crippen LogP contribution is -2.31. The molecule has 1 aliphatic carbocycles. The first-order chi connectivity index (χ1) is 9.07. The van der Waals surface area contributed by atoms with E-state index in [1.165, 1.54) is 19.3 Å². The molecule has 6 heteroatoms. The molecule has 0 radical (unpaired) electrons. The highest BCUT2D eigenvalue weighted by Crippen LogP contribution is 2.42. The van der Waals surface area contributed by atoms with Crippen LogP contribution in [0.5, 0.6) is 0 Å². The van der Waals surface area contributed by atoms with E-state index in [0.29, 0.717) is 22.6 Å². The van der Waals surface area contributed by atoms with Crippen molar-refractivity contribution >= 4 is 11.4 Å². The summed E-state index contributed by atoms with van der Waals surface area (Å²) >= 11 is 0. The zero-order valence-electron chi connectivity index (χ0n) is 11.0. The van der Waals surface area contributed by atoms with E-state index in [4.69, 9.17) is 11.5 Å². The summed E-state index contributed by atoms with van der Waals surface area (Å²) < 4.78 is 1.85. The van der Waals surface area contributed by atoms with Crippen LogP contribution in [0.2, 0.25) is 0 Å². The zero-order chi connectivity index (χ0) is 13.5. The van der Waals surface area contributed by atoms with Crippen LogP contribution < -0.4 is 11.5 Å². The largest absolute Gasteiger partial charge is 0.399 e. The van der Waals surface area contributed by atoms with Crippen molar-refractivity contribution in [2.24, 2.45) is 5.41 Å². The predicted molar refractivity (Wildman–Crippen MR) is 74.0 cm³/mol. The Hall–Kier alpha value is -2.11. The Bertz CT molecular complexity index is 599. The molecular weight excluding hydrogens is 240 g/mol. The molecule has 0 unspecified atom stereocenters. The van der Waals surface area contributed by atoms with Gasteiger partial charge in [-0.3, -0.25) is 0 Å². The van der Waals surface area contributed by atoms with Gasteiger partial charge in [-0.2, -0.15) is 0 Å². The Morgan fingerprint density at radius 2 is 2.11 bits per heavy atom. The van der Waals surface area contributed by atoms with Gasteiger partial charge in [-0.15, -0.1) is 5.10 Å². The second kappa shape index (κ2) is 4.22. The average molecular weight is 258 g/mol. The van der Waals surface area contributed by atoms with Crippen molar-refractivity contribution in [2.45, 2.75) is 32.7 Å². The third kappa shape index (κ3) is 2.14. The summed E-state index contributed by atoms with van der Waals surface area (Å²) in [5.41, 5.74) is 14.1. The lowest BCUT2D eigenvalue weighted by Gasteiger charge is -2.38. The predicted octanol–water partition coefficient (Wildman–Crippen LogP) is 1.69. The molecule has 1 aromatic carbocycles. The number of anilines is 2. The molecule has 1 heterocycles. The molecule has 100 valence electrons. The number of nitrogens with two attached hydrogens (primary N) is 2. The molecule has 2 aromatic rings. The highest BCUT2D eigenvalue weighted by molar-refractivity contribution is 5.74. The van der Waals surface area contributed by atoms with Crippen molar-refractivity contribution in [3.8, 4) is 11.4 Å². The molecule has 0 saturated heterocycles. The van der Waals surface area contributed by atoms with Crippen LogP contribution in [0.1, 0.15) is 26.2 Å². The van der Waals surface area contributed by atoms with E-state index >= 15 is 0 Å². The van der Waals surface area contributed by atoms with E-state index in [0.717, 1.165) is 12.1 Å². The molecule has 1 saturated carbocycles. The molecule has 3 rings (SSSR count). The Balaban J connectivity index is 1.95. The molecular formula is C13H18N6. The minimum absolute atomic E-state index is 0.312. The van der Waals surface area contributed by atoms with Gasteiger partial charge in [0.25, 0.3) is 0 Å². The van der Waals surface area contributed by atoms with E-state index < -0.39 is 0 Å². The first-order valence-electron chi connectivity index (χ1n) is 6.49. The Morgan fingerprint density at radius 3 is 2.74 bits per heavy atom. The van der Waals surface area contributed by atoms with Crippen molar-refractivity contribution in [2.75, 3.05) is 11.5 Å². The van der Waals surface area contributed by atoms with E-state index in [-0.39, 0.29) is 0 Å². The van der Waals surface area contributed by atoms with Gasteiger partial charge in [0.15, 0.2) is 5.82 Å². The minimum Gasteiger partial charge on any atom is -0.399 e. The Labute approximate surface area is 111 Å². The van der Waals surface area contributed by atoms with Crippen LogP contribution in [-0.2, 0) is 6.54 Å². The van der Waals surface area contributed by atoms with Gasteiger partial charge in [0, 0.05) is 16.9 Å². The highest BCUT2D eigenvalue weighted by Gasteiger charge is 2.33. The van der Waals surface area contributed by atoms with Gasteiger partial charge in [0.2, 0.25) is 0 Å². The van der Waals surface area contributed by atoms with Crippen molar-refractivity contribution in [1.82, 2.24) is 20.2 Å². The SMILES string of the molecule is CC1(Cn2nnnc2-c2ccc(N)cc2N)CCC1. The molecule has 0 amide bonds. The Kier molecular flexibility index (Phi) is 2.66. The van der Waals surface area contributed by atoms with Gasteiger partial charge in [-0.25, -0.2) is 4.68 Å². The molecule has 0 bridgehead atoms. The lowest BCUT2D eigenvalue weighted by molar-refractivity contribution is 0.126. The number of aromatic nitrogens is 4. The molecule has 0 aliphatic heterocycles. The maximum absolute atomic E-state index is 6.00. The van der Waals surface area contributed by atoms with E-state index in [1.54, 1.807) is 6.07 Å². The number of rotatable bonds is 3. The number of tetrazole rings is 1. The third-order valence-electron chi connectivity index (χ3n) is 3.94. The summed E-state index contributed by atoms with van der Waals surface area (Å²) in [6.45, 7) is 3.10. The number of benzene rings is 1. The van der Waals surface area contributed by atoms with Crippen LogP contribution in [-0.4, -0.2) is 20.2 Å². The maximum atomic E-state index is 6.00. The molecule has 0 atom stereocenters. The van der Waals surface area contributed by atoms with E-state index in [2.05, 4.69) is 22.4 Å². The molecule has 0 spiro atoms. The van der Waals surface area contributed by atoms with Gasteiger partial charge in [-0.1, -0.05) is 13.3 Å². The molecule has 6 nitrogen and oxygen atoms in total. The topological polar surface area (TPSA) is 95.6 Å². The quantitative estimate of drug-likeness (QED) is 0.817. The average Bonchev–Trinajstić information content (AvgIpc) is 2.75. The van der Waals surface area contributed by atoms with Gasteiger partial charge < -0.3 is 11.5 Å². The Morgan fingerprint density at radius 1 is 1.32 bits per heavy atom. The smallest absolute Gasteiger partial charge is 0.184 e. The summed E-state index contributed by atoms with van der Waals surface area (Å²) in [4.78, 5) is 0. The van der Waals surface area contributed by atoms with E-state index in [1.807, 2.05) is 16.8 Å². The lowest BCUT2D eigenvalue weighted by atomic mass is 9.70. The van der Waals surface area contributed by atoms with Crippen LogP contribution in [0.25, 0.3) is 11.4 Å². The van der Waals surface area contributed by atoms with Crippen molar-refractivity contribution < 1.29 is 0 Å². The van der Waals surface area contributed by atoms with Gasteiger partial charge in [0.1, 0.15) is 0 Å². The van der Waals surface area contributed by atoms with Crippen LogP contribution in [0.3, 0.4) is 0 Å². The number of nitrogens with zero attached hydrogens (tertiary/aromatic N) is 4. The van der Waals surface area contributed by atoms with Gasteiger partial charge in [-0.05, 0) is 46.9 Å². The van der Waals surface area contributed by atoms with Crippen molar-refractivity contribution in [1.29, 1.82) is 0 Å². The fourth-order valence-electron chi connectivity index (χ4n) is 2.59. The highest BCUT2D eigenvalue weighted by atomic mass is 15.5.